The second kappa shape index (κ2) is 18.2. The lowest BCUT2D eigenvalue weighted by molar-refractivity contribution is 0.0526. The van der Waals surface area contributed by atoms with Gasteiger partial charge >= 0.3 is 5.97 Å². The molecule has 0 unspecified atom stereocenters. The van der Waals surface area contributed by atoms with E-state index in [1.54, 1.807) is 19.1 Å². The van der Waals surface area contributed by atoms with Crippen LogP contribution in [-0.4, -0.2) is 25.8 Å². The van der Waals surface area contributed by atoms with Gasteiger partial charge in [0.05, 0.1) is 25.4 Å². The van der Waals surface area contributed by atoms with E-state index in [0.717, 1.165) is 42.6 Å². The van der Waals surface area contributed by atoms with Gasteiger partial charge in [0.1, 0.15) is 11.5 Å². The van der Waals surface area contributed by atoms with Gasteiger partial charge in [0.15, 0.2) is 0 Å². The zero-order chi connectivity index (χ0) is 24.3. The number of benzene rings is 2. The van der Waals surface area contributed by atoms with Crippen molar-refractivity contribution in [1.29, 1.82) is 0 Å². The minimum absolute atomic E-state index is 0.287. The summed E-state index contributed by atoms with van der Waals surface area (Å²) in [4.78, 5) is 11.6. The maximum absolute atomic E-state index is 11.6. The summed E-state index contributed by atoms with van der Waals surface area (Å²) in [5.41, 5.74) is 0.564. The molecule has 0 aromatic heterocycles. The molecule has 2 rings (SSSR count). The molecular formula is C29H41ClO4. The van der Waals surface area contributed by atoms with Crippen molar-refractivity contribution in [3.63, 3.8) is 0 Å². The van der Waals surface area contributed by atoms with E-state index in [1.807, 2.05) is 36.4 Å². The number of hydrogen-bond donors (Lipinski definition) is 0. The Morgan fingerprint density at radius 1 is 0.618 bits per heavy atom. The van der Waals surface area contributed by atoms with E-state index >= 15 is 0 Å². The van der Waals surface area contributed by atoms with Crippen molar-refractivity contribution in [3.8, 4) is 11.5 Å². The zero-order valence-electron chi connectivity index (χ0n) is 20.7. The number of ether oxygens (including phenoxy) is 3. The SMILES string of the molecule is CCOC(=O)c1ccc(OCCCCCCCCCCCCCCOc2ccc(Cl)cc2)cc1. The largest absolute Gasteiger partial charge is 0.494 e. The quantitative estimate of drug-likeness (QED) is 0.146. The molecule has 0 aliphatic rings. The highest BCUT2D eigenvalue weighted by atomic mass is 35.5. The Kier molecular flexibility index (Phi) is 15.0. The topological polar surface area (TPSA) is 44.8 Å². The van der Waals surface area contributed by atoms with Crippen LogP contribution in [0.4, 0.5) is 0 Å². The Hall–Kier alpha value is -2.20. The maximum Gasteiger partial charge on any atom is 0.338 e. The third-order valence-electron chi connectivity index (χ3n) is 5.76. The van der Waals surface area contributed by atoms with Crippen LogP contribution < -0.4 is 9.47 Å². The molecule has 5 heteroatoms. The van der Waals surface area contributed by atoms with E-state index in [9.17, 15) is 4.79 Å². The molecular weight excluding hydrogens is 448 g/mol. The van der Waals surface area contributed by atoms with Crippen molar-refractivity contribution in [3.05, 3.63) is 59.1 Å². The molecule has 0 aliphatic carbocycles. The van der Waals surface area contributed by atoms with Crippen molar-refractivity contribution in [2.24, 2.45) is 0 Å². The number of rotatable bonds is 19. The lowest BCUT2D eigenvalue weighted by Gasteiger charge is -2.07. The fourth-order valence-corrected chi connectivity index (χ4v) is 3.91. The summed E-state index contributed by atoms with van der Waals surface area (Å²) < 4.78 is 16.5. The highest BCUT2D eigenvalue weighted by Crippen LogP contribution is 2.17. The van der Waals surface area contributed by atoms with Gasteiger partial charge in [-0.2, -0.15) is 0 Å². The Balaban J connectivity index is 1.31. The van der Waals surface area contributed by atoms with Crippen LogP contribution in [0.5, 0.6) is 11.5 Å². The molecule has 0 spiro atoms. The Morgan fingerprint density at radius 2 is 1.00 bits per heavy atom. The van der Waals surface area contributed by atoms with Crippen molar-refractivity contribution in [1.82, 2.24) is 0 Å². The molecule has 0 N–H and O–H groups in total. The molecule has 0 aliphatic heterocycles. The molecule has 2 aromatic rings. The van der Waals surface area contributed by atoms with Gasteiger partial charge < -0.3 is 14.2 Å². The van der Waals surface area contributed by atoms with Gasteiger partial charge in [0.2, 0.25) is 0 Å². The standard InChI is InChI=1S/C29H41ClO4/c1-2-32-29(31)25-15-19-27(20-16-25)33-23-13-11-9-7-5-3-4-6-8-10-12-14-24-34-28-21-17-26(30)18-22-28/h15-22H,2-14,23-24H2,1H3. The van der Waals surface area contributed by atoms with Gasteiger partial charge in [0, 0.05) is 5.02 Å². The second-order valence-electron chi connectivity index (χ2n) is 8.64. The zero-order valence-corrected chi connectivity index (χ0v) is 21.5. The molecule has 0 bridgehead atoms. The summed E-state index contributed by atoms with van der Waals surface area (Å²) in [6, 6.07) is 14.8. The monoisotopic (exact) mass is 488 g/mol. The van der Waals surface area contributed by atoms with Crippen LogP contribution in [0.3, 0.4) is 0 Å². The molecule has 34 heavy (non-hydrogen) atoms. The van der Waals surface area contributed by atoms with Crippen LogP contribution in [0.1, 0.15) is 94.3 Å². The average molecular weight is 489 g/mol. The Morgan fingerprint density at radius 3 is 1.41 bits per heavy atom. The molecule has 2 aromatic carbocycles. The first-order chi connectivity index (χ1) is 16.7. The summed E-state index contributed by atoms with van der Waals surface area (Å²) in [5.74, 6) is 1.42. The highest BCUT2D eigenvalue weighted by molar-refractivity contribution is 6.30. The molecule has 188 valence electrons. The minimum Gasteiger partial charge on any atom is -0.494 e. The number of carbonyl (C=O) groups excluding carboxylic acids is 1. The molecule has 0 atom stereocenters. The van der Waals surface area contributed by atoms with E-state index in [0.29, 0.717) is 12.2 Å². The van der Waals surface area contributed by atoms with Crippen molar-refractivity contribution >= 4 is 17.6 Å². The third kappa shape index (κ3) is 12.9. The molecule has 0 fully saturated rings. The lowest BCUT2D eigenvalue weighted by Crippen LogP contribution is -2.04. The fourth-order valence-electron chi connectivity index (χ4n) is 3.78. The maximum atomic E-state index is 11.6. The summed E-state index contributed by atoms with van der Waals surface area (Å²) >= 11 is 5.88. The summed E-state index contributed by atoms with van der Waals surface area (Å²) in [6.45, 7) is 3.71. The number of halogens is 1. The molecule has 0 heterocycles. The Labute approximate surface area is 210 Å². The van der Waals surface area contributed by atoms with Crippen molar-refractivity contribution in [2.45, 2.75) is 84.0 Å². The van der Waals surface area contributed by atoms with Gasteiger partial charge in [0.25, 0.3) is 0 Å². The fraction of sp³-hybridized carbons (Fsp3) is 0.552. The van der Waals surface area contributed by atoms with E-state index in [-0.39, 0.29) is 5.97 Å². The number of esters is 1. The van der Waals surface area contributed by atoms with Gasteiger partial charge in [-0.25, -0.2) is 4.79 Å². The van der Waals surface area contributed by atoms with E-state index in [1.165, 1.54) is 64.2 Å². The van der Waals surface area contributed by atoms with Crippen LogP contribution >= 0.6 is 11.6 Å². The van der Waals surface area contributed by atoms with Gasteiger partial charge in [-0.05, 0) is 68.3 Å². The Bertz CT molecular complexity index is 774. The predicted octanol–water partition coefficient (Wildman–Crippen LogP) is 8.66. The summed E-state index contributed by atoms with van der Waals surface area (Å²) in [6.07, 6.45) is 15.3. The first-order valence-corrected chi connectivity index (χ1v) is 13.3. The first-order valence-electron chi connectivity index (χ1n) is 13.0. The highest BCUT2D eigenvalue weighted by Gasteiger charge is 2.05. The molecule has 0 saturated carbocycles. The van der Waals surface area contributed by atoms with Gasteiger partial charge in [-0.1, -0.05) is 75.8 Å². The van der Waals surface area contributed by atoms with Gasteiger partial charge in [-0.3, -0.25) is 0 Å². The molecule has 0 amide bonds. The van der Waals surface area contributed by atoms with Crippen LogP contribution in [0.15, 0.2) is 48.5 Å². The molecule has 0 radical (unpaired) electrons. The van der Waals surface area contributed by atoms with E-state index < -0.39 is 0 Å². The summed E-state index contributed by atoms with van der Waals surface area (Å²) in [7, 11) is 0. The van der Waals surface area contributed by atoms with Gasteiger partial charge in [-0.15, -0.1) is 0 Å². The predicted molar refractivity (Wildman–Crippen MR) is 140 cm³/mol. The van der Waals surface area contributed by atoms with Crippen molar-refractivity contribution in [2.75, 3.05) is 19.8 Å². The van der Waals surface area contributed by atoms with Crippen LogP contribution in [0.25, 0.3) is 0 Å². The normalized spacial score (nSPS) is 10.8. The third-order valence-corrected chi connectivity index (χ3v) is 6.01. The first kappa shape index (κ1) is 28.0. The minimum atomic E-state index is -0.287. The van der Waals surface area contributed by atoms with Crippen LogP contribution in [-0.2, 0) is 4.74 Å². The lowest BCUT2D eigenvalue weighted by atomic mass is 10.1. The van der Waals surface area contributed by atoms with E-state index in [2.05, 4.69) is 0 Å². The number of unbranched alkanes of at least 4 members (excludes halogenated alkanes) is 11. The molecule has 0 saturated heterocycles. The van der Waals surface area contributed by atoms with Crippen LogP contribution in [0.2, 0.25) is 5.02 Å². The van der Waals surface area contributed by atoms with E-state index in [4.69, 9.17) is 25.8 Å². The number of carbonyl (C=O) groups is 1. The molecule has 4 nitrogen and oxygen atoms in total. The smallest absolute Gasteiger partial charge is 0.338 e. The average Bonchev–Trinajstić information content (AvgIpc) is 2.85. The van der Waals surface area contributed by atoms with Crippen LogP contribution in [0, 0.1) is 0 Å². The van der Waals surface area contributed by atoms with Crippen molar-refractivity contribution < 1.29 is 19.0 Å². The summed E-state index contributed by atoms with van der Waals surface area (Å²) in [5, 5.41) is 0.745. The second-order valence-corrected chi connectivity index (χ2v) is 9.07. The number of hydrogen-bond acceptors (Lipinski definition) is 4.